The van der Waals surface area contributed by atoms with Gasteiger partial charge in [0.25, 0.3) is 6.43 Å². The van der Waals surface area contributed by atoms with Gasteiger partial charge in [0.2, 0.25) is 0 Å². The van der Waals surface area contributed by atoms with Gasteiger partial charge >= 0.3 is 0 Å². The van der Waals surface area contributed by atoms with E-state index in [9.17, 15) is 8.78 Å². The molecule has 0 amide bonds. The van der Waals surface area contributed by atoms with Crippen LogP contribution in [0.1, 0.15) is 48.1 Å². The van der Waals surface area contributed by atoms with Crippen molar-refractivity contribution in [3.63, 3.8) is 0 Å². The van der Waals surface area contributed by atoms with E-state index in [0.29, 0.717) is 6.54 Å². The molecule has 3 unspecified atom stereocenters. The minimum absolute atomic E-state index is 0.0250. The van der Waals surface area contributed by atoms with Crippen LogP contribution in [0.25, 0.3) is 0 Å². The van der Waals surface area contributed by atoms with Crippen molar-refractivity contribution >= 4 is 18.7 Å². The molecule has 0 aromatic heterocycles. The van der Waals surface area contributed by atoms with Crippen LogP contribution >= 0.6 is 0 Å². The van der Waals surface area contributed by atoms with Gasteiger partial charge in [-0.05, 0) is 37.3 Å². The van der Waals surface area contributed by atoms with E-state index < -0.39 is 6.43 Å². The molecule has 158 valence electrons. The molecule has 0 bridgehead atoms. The fraction of sp³-hybridized carbons (Fsp3) is 0.391. The van der Waals surface area contributed by atoms with E-state index in [2.05, 4.69) is 34.3 Å². The van der Waals surface area contributed by atoms with Crippen LogP contribution in [0, 0.1) is 5.92 Å². The Bertz CT molecular complexity index is 905. The quantitative estimate of drug-likeness (QED) is 0.403. The van der Waals surface area contributed by atoms with Gasteiger partial charge in [0.15, 0.2) is 0 Å². The summed E-state index contributed by atoms with van der Waals surface area (Å²) in [5.41, 5.74) is 2.87. The van der Waals surface area contributed by atoms with E-state index in [1.54, 1.807) is 17.1 Å². The molecule has 1 fully saturated rings. The number of nitrogens with one attached hydrogen (secondary N) is 1. The minimum Gasteiger partial charge on any atom is -0.378 e. The predicted octanol–water partition coefficient (Wildman–Crippen LogP) is 5.20. The maximum atomic E-state index is 13.4. The first kappa shape index (κ1) is 20.5. The number of hydrogen-bond donors (Lipinski definition) is 1. The Labute approximate surface area is 175 Å². The number of rotatable bonds is 6. The SMILES string of the molecule is C=N/C=N\N(C)CC1CCC2C(O1)c1cc(C(F)F)ccc1N[C@H]2c1ccccc1. The Morgan fingerprint density at radius 3 is 2.77 bits per heavy atom. The van der Waals surface area contributed by atoms with Crippen LogP contribution in [0.3, 0.4) is 0 Å². The molecule has 0 spiro atoms. The third kappa shape index (κ3) is 4.21. The summed E-state index contributed by atoms with van der Waals surface area (Å²) in [5, 5.41) is 9.53. The van der Waals surface area contributed by atoms with E-state index in [-0.39, 0.29) is 29.7 Å². The standard InChI is InChI=1S/C23H26F2N4O/c1-26-14-27-29(2)13-17-9-10-18-21(15-6-4-3-5-7-15)28-20-11-8-16(23(24)25)12-19(20)22(18)30-17/h3-8,11-12,14,17-18,21-23,28H,1,9-10,13H2,2H3/b27-14-/t17?,18?,21-,22?/m0/s1. The number of benzene rings is 2. The van der Waals surface area contributed by atoms with E-state index in [1.807, 2.05) is 25.2 Å². The first-order chi connectivity index (χ1) is 14.6. The lowest BCUT2D eigenvalue weighted by molar-refractivity contribution is -0.101. The zero-order valence-electron chi connectivity index (χ0n) is 16.9. The summed E-state index contributed by atoms with van der Waals surface area (Å²) in [7, 11) is 1.86. The van der Waals surface area contributed by atoms with Gasteiger partial charge in [-0.25, -0.2) is 8.78 Å². The number of fused-ring (bicyclic) bond motifs is 3. The van der Waals surface area contributed by atoms with Crippen LogP contribution in [0.5, 0.6) is 0 Å². The molecule has 2 aliphatic rings. The minimum atomic E-state index is -2.51. The molecular formula is C23H26F2N4O. The summed E-state index contributed by atoms with van der Waals surface area (Å²) in [6, 6.07) is 15.2. The van der Waals surface area contributed by atoms with Crippen molar-refractivity contribution < 1.29 is 13.5 Å². The summed E-state index contributed by atoms with van der Waals surface area (Å²) >= 11 is 0. The highest BCUT2D eigenvalue weighted by molar-refractivity contribution is 5.61. The molecule has 2 aliphatic heterocycles. The molecule has 5 nitrogen and oxygen atoms in total. The van der Waals surface area contributed by atoms with Crippen molar-refractivity contribution in [2.75, 3.05) is 18.9 Å². The van der Waals surface area contributed by atoms with Crippen LogP contribution in [0.4, 0.5) is 14.5 Å². The molecular weight excluding hydrogens is 386 g/mol. The molecule has 0 saturated carbocycles. The zero-order valence-corrected chi connectivity index (χ0v) is 16.9. The molecule has 1 saturated heterocycles. The van der Waals surface area contributed by atoms with Crippen molar-refractivity contribution in [2.45, 2.75) is 37.5 Å². The molecule has 30 heavy (non-hydrogen) atoms. The smallest absolute Gasteiger partial charge is 0.263 e. The Kier molecular flexibility index (Phi) is 6.08. The summed E-state index contributed by atoms with van der Waals surface area (Å²) in [6.45, 7) is 3.99. The average molecular weight is 412 g/mol. The van der Waals surface area contributed by atoms with Gasteiger partial charge in [-0.3, -0.25) is 10.0 Å². The molecule has 7 heteroatoms. The monoisotopic (exact) mass is 412 g/mol. The molecule has 4 rings (SSSR count). The van der Waals surface area contributed by atoms with Gasteiger partial charge in [0.1, 0.15) is 6.34 Å². The summed E-state index contributed by atoms with van der Waals surface area (Å²) < 4.78 is 33.3. The molecule has 4 atom stereocenters. The number of alkyl halides is 2. The maximum absolute atomic E-state index is 13.4. The number of ether oxygens (including phenoxy) is 1. The molecule has 0 radical (unpaired) electrons. The number of hydrogen-bond acceptors (Lipinski definition) is 4. The highest BCUT2D eigenvalue weighted by Crippen LogP contribution is 2.50. The Morgan fingerprint density at radius 1 is 1.23 bits per heavy atom. The summed E-state index contributed by atoms with van der Waals surface area (Å²) in [5.74, 6) is 0.160. The van der Waals surface area contributed by atoms with Gasteiger partial charge in [0.05, 0.1) is 24.8 Å². The Morgan fingerprint density at radius 2 is 2.03 bits per heavy atom. The second kappa shape index (κ2) is 8.92. The van der Waals surface area contributed by atoms with Crippen molar-refractivity contribution in [1.82, 2.24) is 5.01 Å². The summed E-state index contributed by atoms with van der Waals surface area (Å²) in [6.07, 6.45) is 0.391. The molecule has 2 heterocycles. The number of hydrazone groups is 1. The average Bonchev–Trinajstić information content (AvgIpc) is 2.77. The number of nitrogens with zero attached hydrogens (tertiary/aromatic N) is 3. The Balaban J connectivity index is 1.65. The second-order valence-corrected chi connectivity index (χ2v) is 7.85. The normalized spacial score (nSPS) is 25.5. The summed E-state index contributed by atoms with van der Waals surface area (Å²) in [4.78, 5) is 3.63. The van der Waals surface area contributed by atoms with Crippen molar-refractivity contribution in [2.24, 2.45) is 16.0 Å². The van der Waals surface area contributed by atoms with Gasteiger partial charge in [-0.15, -0.1) is 0 Å². The van der Waals surface area contributed by atoms with Crippen LogP contribution in [0.2, 0.25) is 0 Å². The lowest BCUT2D eigenvalue weighted by Gasteiger charge is -2.46. The van der Waals surface area contributed by atoms with Gasteiger partial charge < -0.3 is 10.1 Å². The fourth-order valence-electron chi connectivity index (χ4n) is 4.50. The van der Waals surface area contributed by atoms with E-state index in [1.165, 1.54) is 18.0 Å². The molecule has 1 N–H and O–H groups in total. The Hall–Kier alpha value is -2.80. The van der Waals surface area contributed by atoms with Gasteiger partial charge in [0, 0.05) is 29.8 Å². The van der Waals surface area contributed by atoms with E-state index in [0.717, 1.165) is 24.1 Å². The number of aliphatic imine (C=N–C) groups is 1. The highest BCUT2D eigenvalue weighted by atomic mass is 19.3. The third-order valence-electron chi connectivity index (χ3n) is 5.88. The lowest BCUT2D eigenvalue weighted by Crippen LogP contribution is -2.41. The molecule has 0 aliphatic carbocycles. The third-order valence-corrected chi connectivity index (χ3v) is 5.88. The van der Waals surface area contributed by atoms with Crippen LogP contribution in [-0.2, 0) is 4.74 Å². The first-order valence-corrected chi connectivity index (χ1v) is 10.1. The number of anilines is 1. The molecule has 2 aromatic carbocycles. The lowest BCUT2D eigenvalue weighted by atomic mass is 9.76. The molecule has 2 aromatic rings. The van der Waals surface area contributed by atoms with Crippen LogP contribution in [-0.4, -0.2) is 37.8 Å². The van der Waals surface area contributed by atoms with Crippen molar-refractivity contribution in [1.29, 1.82) is 0 Å². The van der Waals surface area contributed by atoms with Crippen LogP contribution < -0.4 is 5.32 Å². The van der Waals surface area contributed by atoms with E-state index >= 15 is 0 Å². The highest BCUT2D eigenvalue weighted by Gasteiger charge is 2.42. The second-order valence-electron chi connectivity index (χ2n) is 7.85. The van der Waals surface area contributed by atoms with Gasteiger partial charge in [-0.1, -0.05) is 36.4 Å². The fourth-order valence-corrected chi connectivity index (χ4v) is 4.50. The first-order valence-electron chi connectivity index (χ1n) is 10.1. The number of halogens is 2. The number of likely N-dealkylation sites (N-methyl/N-ethyl adjacent to an activating group) is 1. The van der Waals surface area contributed by atoms with Gasteiger partial charge in [-0.2, -0.15) is 5.10 Å². The van der Waals surface area contributed by atoms with Crippen molar-refractivity contribution in [3.8, 4) is 0 Å². The van der Waals surface area contributed by atoms with E-state index in [4.69, 9.17) is 4.74 Å². The van der Waals surface area contributed by atoms with Crippen molar-refractivity contribution in [3.05, 3.63) is 65.2 Å². The van der Waals surface area contributed by atoms with Crippen LogP contribution in [0.15, 0.2) is 58.6 Å². The topological polar surface area (TPSA) is 49.2 Å². The zero-order chi connectivity index (χ0) is 21.1. The predicted molar refractivity (Wildman–Crippen MR) is 115 cm³/mol. The largest absolute Gasteiger partial charge is 0.378 e. The maximum Gasteiger partial charge on any atom is 0.263 e.